The Labute approximate surface area is 314 Å². The molecule has 10 nitrogen and oxygen atoms in total. The van der Waals surface area contributed by atoms with Gasteiger partial charge in [0.1, 0.15) is 18.3 Å². The number of halogens is 3. The number of ether oxygens (including phenoxy) is 3. The molecule has 0 aromatic heterocycles. The Morgan fingerprint density at radius 2 is 1.43 bits per heavy atom. The number of carbonyl (C=O) groups is 2. The van der Waals surface area contributed by atoms with E-state index in [-0.39, 0.29) is 51.0 Å². The van der Waals surface area contributed by atoms with Gasteiger partial charge in [-0.2, -0.15) is 0 Å². The van der Waals surface area contributed by atoms with Crippen LogP contribution in [-0.4, -0.2) is 65.6 Å². The molecular weight excluding hydrogens is 737 g/mol. The fourth-order valence-electron chi connectivity index (χ4n) is 5.29. The number of amides is 2. The molecule has 14 heteroatoms. The standard InChI is InChI=1S/C37H40Cl3N3O7S/c1-24(2)21-41-37(45)32(18-25-9-7-6-8-10-25)42(22-26-11-14-29(39)30(40)17-26)36(44)23-43(31-19-27(38)12-15-33(31)48-3)51(46,47)28-13-16-34(49-4)35(20-28)50-5/h6-17,19-20,24,32H,18,21-23H2,1-5H3,(H,41,45). The van der Waals surface area contributed by atoms with Gasteiger partial charge in [0.15, 0.2) is 11.5 Å². The quantitative estimate of drug-likeness (QED) is 0.127. The largest absolute Gasteiger partial charge is 0.495 e. The van der Waals surface area contributed by atoms with Crippen LogP contribution in [0, 0.1) is 5.92 Å². The van der Waals surface area contributed by atoms with E-state index in [4.69, 9.17) is 49.0 Å². The van der Waals surface area contributed by atoms with Gasteiger partial charge in [0.05, 0.1) is 42.0 Å². The summed E-state index contributed by atoms with van der Waals surface area (Å²) < 4.78 is 46.4. The lowest BCUT2D eigenvalue weighted by atomic mass is 10.0. The molecule has 2 amide bonds. The number of nitrogens with one attached hydrogen (secondary N) is 1. The van der Waals surface area contributed by atoms with Crippen molar-refractivity contribution in [2.45, 2.75) is 37.8 Å². The summed E-state index contributed by atoms with van der Waals surface area (Å²) in [5.41, 5.74) is 1.37. The highest BCUT2D eigenvalue weighted by Crippen LogP contribution is 2.37. The fourth-order valence-corrected chi connectivity index (χ4v) is 7.21. The molecule has 0 fully saturated rings. The van der Waals surface area contributed by atoms with E-state index in [0.717, 1.165) is 9.87 Å². The van der Waals surface area contributed by atoms with Gasteiger partial charge >= 0.3 is 0 Å². The first-order valence-corrected chi connectivity index (χ1v) is 18.5. The molecule has 0 spiro atoms. The first-order chi connectivity index (χ1) is 24.3. The Balaban J connectivity index is 1.89. The van der Waals surface area contributed by atoms with E-state index in [1.165, 1.54) is 56.6 Å². The second-order valence-electron chi connectivity index (χ2n) is 12.0. The summed E-state index contributed by atoms with van der Waals surface area (Å²) in [7, 11) is -0.340. The molecule has 4 rings (SSSR count). The number of sulfonamides is 1. The van der Waals surface area contributed by atoms with E-state index in [1.54, 1.807) is 24.3 Å². The van der Waals surface area contributed by atoms with Crippen LogP contribution in [0.2, 0.25) is 15.1 Å². The van der Waals surface area contributed by atoms with E-state index >= 15 is 0 Å². The minimum atomic E-state index is -4.53. The smallest absolute Gasteiger partial charge is 0.265 e. The highest BCUT2D eigenvalue weighted by molar-refractivity contribution is 7.92. The van der Waals surface area contributed by atoms with Crippen LogP contribution in [0.4, 0.5) is 5.69 Å². The highest BCUT2D eigenvalue weighted by Gasteiger charge is 2.36. The molecule has 1 atom stereocenters. The van der Waals surface area contributed by atoms with Crippen molar-refractivity contribution in [2.24, 2.45) is 5.92 Å². The number of rotatable bonds is 16. The van der Waals surface area contributed by atoms with Crippen LogP contribution in [-0.2, 0) is 32.6 Å². The number of methoxy groups -OCH3 is 3. The van der Waals surface area contributed by atoms with Gasteiger partial charge in [0, 0.05) is 30.6 Å². The van der Waals surface area contributed by atoms with Crippen LogP contribution in [0.25, 0.3) is 0 Å². The minimum Gasteiger partial charge on any atom is -0.495 e. The monoisotopic (exact) mass is 775 g/mol. The maximum absolute atomic E-state index is 14.8. The van der Waals surface area contributed by atoms with E-state index in [0.29, 0.717) is 22.9 Å². The van der Waals surface area contributed by atoms with Crippen molar-refractivity contribution in [3.63, 3.8) is 0 Å². The lowest BCUT2D eigenvalue weighted by molar-refractivity contribution is -0.140. The van der Waals surface area contributed by atoms with Crippen LogP contribution < -0.4 is 23.8 Å². The zero-order chi connectivity index (χ0) is 37.3. The Bertz CT molecular complexity index is 1950. The van der Waals surface area contributed by atoms with Crippen molar-refractivity contribution in [1.82, 2.24) is 10.2 Å². The van der Waals surface area contributed by atoms with Gasteiger partial charge in [-0.1, -0.05) is 85.0 Å². The number of anilines is 1. The highest BCUT2D eigenvalue weighted by atomic mass is 35.5. The Morgan fingerprint density at radius 3 is 2.06 bits per heavy atom. The zero-order valence-corrected chi connectivity index (χ0v) is 31.9. The molecule has 4 aromatic rings. The second-order valence-corrected chi connectivity index (χ2v) is 15.1. The molecule has 0 heterocycles. The van der Waals surface area contributed by atoms with Crippen molar-refractivity contribution in [3.8, 4) is 17.2 Å². The molecule has 0 saturated carbocycles. The third-order valence-corrected chi connectivity index (χ3v) is 10.7. The third-order valence-electron chi connectivity index (χ3n) is 7.92. The van der Waals surface area contributed by atoms with E-state index in [9.17, 15) is 18.0 Å². The summed E-state index contributed by atoms with van der Waals surface area (Å²) in [6.07, 6.45) is 0.140. The van der Waals surface area contributed by atoms with Crippen LogP contribution in [0.3, 0.4) is 0 Å². The summed E-state index contributed by atoms with van der Waals surface area (Å²) in [6.45, 7) is 3.44. The number of nitrogens with zero attached hydrogens (tertiary/aromatic N) is 2. The summed E-state index contributed by atoms with van der Waals surface area (Å²) in [4.78, 5) is 30.0. The first kappa shape index (κ1) is 39.6. The van der Waals surface area contributed by atoms with Crippen LogP contribution in [0.1, 0.15) is 25.0 Å². The van der Waals surface area contributed by atoms with Crippen LogP contribution in [0.15, 0.2) is 89.8 Å². The van der Waals surface area contributed by atoms with Gasteiger partial charge in [-0.3, -0.25) is 13.9 Å². The third kappa shape index (κ3) is 10.0. The zero-order valence-electron chi connectivity index (χ0n) is 28.9. The maximum Gasteiger partial charge on any atom is 0.265 e. The molecule has 0 saturated heterocycles. The predicted octanol–water partition coefficient (Wildman–Crippen LogP) is 7.28. The molecule has 1 unspecified atom stereocenters. The molecule has 0 bridgehead atoms. The van der Waals surface area contributed by atoms with Crippen molar-refractivity contribution >= 4 is 62.3 Å². The Kier molecular flexibility index (Phi) is 13.9. The molecule has 51 heavy (non-hydrogen) atoms. The van der Waals surface area contributed by atoms with Gasteiger partial charge in [-0.05, 0) is 59.5 Å². The molecule has 4 aromatic carbocycles. The Morgan fingerprint density at radius 1 is 0.765 bits per heavy atom. The van der Waals surface area contributed by atoms with Crippen molar-refractivity contribution in [2.75, 3.05) is 38.7 Å². The molecule has 0 aliphatic carbocycles. The number of hydrogen-bond acceptors (Lipinski definition) is 7. The summed E-state index contributed by atoms with van der Waals surface area (Å²) in [6, 6.07) is 21.6. The topological polar surface area (TPSA) is 114 Å². The van der Waals surface area contributed by atoms with Gasteiger partial charge in [-0.15, -0.1) is 0 Å². The lowest BCUT2D eigenvalue weighted by Crippen LogP contribution is -2.53. The molecule has 272 valence electrons. The summed E-state index contributed by atoms with van der Waals surface area (Å²) in [5.74, 6) is -0.355. The van der Waals surface area contributed by atoms with Crippen molar-refractivity contribution in [3.05, 3.63) is 111 Å². The fraction of sp³-hybridized carbons (Fsp3) is 0.297. The van der Waals surface area contributed by atoms with E-state index in [1.807, 2.05) is 44.2 Å². The van der Waals surface area contributed by atoms with Crippen molar-refractivity contribution < 1.29 is 32.2 Å². The van der Waals surface area contributed by atoms with Crippen LogP contribution in [0.5, 0.6) is 17.2 Å². The van der Waals surface area contributed by atoms with Gasteiger partial charge in [0.2, 0.25) is 11.8 Å². The molecule has 1 N–H and O–H groups in total. The van der Waals surface area contributed by atoms with E-state index in [2.05, 4.69) is 5.32 Å². The summed E-state index contributed by atoms with van der Waals surface area (Å²) >= 11 is 19.0. The van der Waals surface area contributed by atoms with E-state index < -0.39 is 34.4 Å². The molecule has 0 radical (unpaired) electrons. The van der Waals surface area contributed by atoms with Gasteiger partial charge in [0.25, 0.3) is 10.0 Å². The average Bonchev–Trinajstić information content (AvgIpc) is 3.12. The normalized spacial score (nSPS) is 11.9. The van der Waals surface area contributed by atoms with Crippen molar-refractivity contribution in [1.29, 1.82) is 0 Å². The maximum atomic E-state index is 14.8. The molecule has 0 aliphatic rings. The van der Waals surface area contributed by atoms with Gasteiger partial charge < -0.3 is 24.4 Å². The predicted molar refractivity (Wildman–Crippen MR) is 201 cm³/mol. The first-order valence-electron chi connectivity index (χ1n) is 15.9. The molecular formula is C37H40Cl3N3O7S. The lowest BCUT2D eigenvalue weighted by Gasteiger charge is -2.34. The van der Waals surface area contributed by atoms with Gasteiger partial charge in [-0.25, -0.2) is 8.42 Å². The average molecular weight is 777 g/mol. The minimum absolute atomic E-state index is 0.00601. The summed E-state index contributed by atoms with van der Waals surface area (Å²) in [5, 5.41) is 3.73. The van der Waals surface area contributed by atoms with Crippen LogP contribution >= 0.6 is 34.8 Å². The number of benzene rings is 4. The SMILES string of the molecule is COc1ccc(S(=O)(=O)N(CC(=O)N(Cc2ccc(Cl)c(Cl)c2)C(Cc2ccccc2)C(=O)NCC(C)C)c2cc(Cl)ccc2OC)cc1OC. The second kappa shape index (κ2) is 17.9. The number of carbonyl (C=O) groups excluding carboxylic acids is 2. The Hall–Kier alpha value is -4.16. The number of hydrogen-bond donors (Lipinski definition) is 1. The molecule has 0 aliphatic heterocycles.